The van der Waals surface area contributed by atoms with Crippen LogP contribution in [0.3, 0.4) is 0 Å². The smallest absolute Gasteiger partial charge is 0.225 e. The maximum Gasteiger partial charge on any atom is 0.225 e. The Balaban J connectivity index is 1.41. The van der Waals surface area contributed by atoms with Crippen molar-refractivity contribution in [1.82, 2.24) is 24.4 Å². The number of nitrogens with two attached hydrogens (primary N) is 1. The van der Waals surface area contributed by atoms with Gasteiger partial charge >= 0.3 is 0 Å². The molecule has 0 amide bonds. The summed E-state index contributed by atoms with van der Waals surface area (Å²) in [6.45, 7) is 2.12. The molecule has 3 N–H and O–H groups in total. The van der Waals surface area contributed by atoms with E-state index >= 15 is 0 Å². The Kier molecular flexibility index (Phi) is 5.80. The van der Waals surface area contributed by atoms with Crippen LogP contribution in [0.4, 0.5) is 5.69 Å². The molecule has 6 rings (SSSR count). The first-order valence-electron chi connectivity index (χ1n) is 13.0. The van der Waals surface area contributed by atoms with Gasteiger partial charge in [-0.15, -0.1) is 5.10 Å². The number of hydrogen-bond acceptors (Lipinski definition) is 6. The summed E-state index contributed by atoms with van der Waals surface area (Å²) in [5, 5.41) is 19.7. The average molecular weight is 481 g/mol. The summed E-state index contributed by atoms with van der Waals surface area (Å²) in [7, 11) is 2.03. The van der Waals surface area contributed by atoms with E-state index in [1.807, 2.05) is 32.4 Å². The second-order valence-corrected chi connectivity index (χ2v) is 10.2. The van der Waals surface area contributed by atoms with Crippen LogP contribution in [0.2, 0.25) is 0 Å². The number of piperidine rings is 1. The summed E-state index contributed by atoms with van der Waals surface area (Å²) in [6.07, 6.45) is 13.3. The normalized spacial score (nSPS) is 20.7. The molecule has 2 aliphatic heterocycles. The van der Waals surface area contributed by atoms with Crippen LogP contribution in [0.5, 0.6) is 0 Å². The number of aliphatic imine (C=N–C) groups is 1. The standard InChI is InChI=1S/C27H32BN7O/c28-35-22(11-13-25(35)34-18-23(31-32-34)27(36)14-2-3-15-27)26(19-6-8-20(29)9-7-19)21-10-12-24(30-21)33-16-4-1-5-17-33/h6-13,18,36H,1-5,14-17,28-29H2/b26-21-. The summed E-state index contributed by atoms with van der Waals surface area (Å²) in [6, 6.07) is 12.1. The third-order valence-electron chi connectivity index (χ3n) is 7.75. The fraction of sp³-hybridized carbons (Fsp3) is 0.370. The van der Waals surface area contributed by atoms with E-state index in [4.69, 9.17) is 10.7 Å². The molecule has 4 heterocycles. The molecule has 0 radical (unpaired) electrons. The third-order valence-corrected chi connectivity index (χ3v) is 7.75. The quantitative estimate of drug-likeness (QED) is 0.441. The van der Waals surface area contributed by atoms with Gasteiger partial charge in [0.05, 0.1) is 11.9 Å². The molecule has 9 heteroatoms. The molecule has 2 aromatic heterocycles. The first-order chi connectivity index (χ1) is 17.5. The van der Waals surface area contributed by atoms with Gasteiger partial charge in [-0.25, -0.2) is 9.67 Å². The van der Waals surface area contributed by atoms with Gasteiger partial charge < -0.3 is 20.2 Å². The second kappa shape index (κ2) is 9.13. The zero-order chi connectivity index (χ0) is 24.7. The summed E-state index contributed by atoms with van der Waals surface area (Å²) in [4.78, 5) is 7.46. The van der Waals surface area contributed by atoms with Crippen molar-refractivity contribution in [2.75, 3.05) is 18.8 Å². The monoisotopic (exact) mass is 481 g/mol. The van der Waals surface area contributed by atoms with Crippen LogP contribution >= 0.6 is 0 Å². The van der Waals surface area contributed by atoms with Gasteiger partial charge in [0, 0.05) is 30.0 Å². The number of hydrogen-bond donors (Lipinski definition) is 2. The van der Waals surface area contributed by atoms with Crippen molar-refractivity contribution in [2.24, 2.45) is 4.99 Å². The van der Waals surface area contributed by atoms with Crippen molar-refractivity contribution >= 4 is 25.1 Å². The van der Waals surface area contributed by atoms with Gasteiger partial charge in [0.15, 0.2) is 0 Å². The highest BCUT2D eigenvalue weighted by Gasteiger charge is 2.36. The van der Waals surface area contributed by atoms with Gasteiger partial charge in [-0.1, -0.05) is 30.2 Å². The fourth-order valence-corrected chi connectivity index (χ4v) is 5.65. The van der Waals surface area contributed by atoms with Crippen molar-refractivity contribution < 1.29 is 5.11 Å². The lowest BCUT2D eigenvalue weighted by molar-refractivity contribution is 0.0398. The predicted octanol–water partition coefficient (Wildman–Crippen LogP) is 3.02. The van der Waals surface area contributed by atoms with E-state index in [1.54, 1.807) is 4.68 Å². The average Bonchev–Trinajstić information content (AvgIpc) is 3.70. The molecule has 1 saturated heterocycles. The minimum atomic E-state index is -0.864. The minimum Gasteiger partial charge on any atom is -0.399 e. The van der Waals surface area contributed by atoms with Crippen LogP contribution in [0, 0.1) is 0 Å². The van der Waals surface area contributed by atoms with Crippen LogP contribution in [0.25, 0.3) is 11.4 Å². The molecule has 0 atom stereocenters. The Morgan fingerprint density at radius 3 is 2.44 bits per heavy atom. The lowest BCUT2D eigenvalue weighted by Gasteiger charge is -2.27. The van der Waals surface area contributed by atoms with E-state index in [0.29, 0.717) is 5.69 Å². The Bertz CT molecular complexity index is 1350. The first kappa shape index (κ1) is 22.9. The molecule has 8 nitrogen and oxygen atoms in total. The zero-order valence-corrected chi connectivity index (χ0v) is 20.8. The van der Waals surface area contributed by atoms with Gasteiger partial charge in [0.2, 0.25) is 7.98 Å². The number of nitrogen functional groups attached to an aromatic ring is 1. The van der Waals surface area contributed by atoms with E-state index in [-0.39, 0.29) is 0 Å². The second-order valence-electron chi connectivity index (χ2n) is 10.2. The SMILES string of the molecule is Bn1c(/C(=C2/C=CC(N3CCCCC3)=N2)c2ccc(N)cc2)ccc1-n1cc(C2(O)CCCC2)nn1. The molecule has 3 aliphatic rings. The predicted molar refractivity (Wildman–Crippen MR) is 145 cm³/mol. The molecule has 0 unspecified atom stereocenters. The lowest BCUT2D eigenvalue weighted by atomic mass is 9.99. The zero-order valence-electron chi connectivity index (χ0n) is 20.8. The minimum absolute atomic E-state index is 0.648. The maximum absolute atomic E-state index is 11.0. The number of rotatable bonds is 4. The summed E-state index contributed by atoms with van der Waals surface area (Å²) < 4.78 is 3.87. The van der Waals surface area contributed by atoms with Gasteiger partial charge in [-0.05, 0) is 74.1 Å². The molecule has 1 aliphatic carbocycles. The lowest BCUT2D eigenvalue weighted by Crippen LogP contribution is -2.33. The van der Waals surface area contributed by atoms with Gasteiger partial charge in [-0.3, -0.25) is 0 Å². The molecule has 0 spiro atoms. The first-order valence-corrected chi connectivity index (χ1v) is 13.0. The molecule has 36 heavy (non-hydrogen) atoms. The maximum atomic E-state index is 11.0. The van der Waals surface area contributed by atoms with E-state index < -0.39 is 5.60 Å². The number of anilines is 1. The highest BCUT2D eigenvalue weighted by atomic mass is 16.3. The number of likely N-dealkylation sites (tertiary alicyclic amines) is 1. The number of amidine groups is 1. The van der Waals surface area contributed by atoms with E-state index in [0.717, 1.165) is 78.6 Å². The Labute approximate surface area is 212 Å². The van der Waals surface area contributed by atoms with Gasteiger partial charge in [0.25, 0.3) is 0 Å². The molecule has 3 aromatic rings. The molecule has 1 aromatic carbocycles. The molecule has 1 saturated carbocycles. The van der Waals surface area contributed by atoms with E-state index in [1.165, 1.54) is 19.3 Å². The Morgan fingerprint density at radius 1 is 0.944 bits per heavy atom. The van der Waals surface area contributed by atoms with Crippen LogP contribution in [-0.2, 0) is 5.60 Å². The summed E-state index contributed by atoms with van der Waals surface area (Å²) >= 11 is 0. The van der Waals surface area contributed by atoms with Crippen LogP contribution in [0.1, 0.15) is 61.9 Å². The number of aliphatic hydroxyl groups is 1. The third kappa shape index (κ3) is 4.07. The molecule has 0 bridgehead atoms. The van der Waals surface area contributed by atoms with E-state index in [2.05, 4.69) is 50.0 Å². The van der Waals surface area contributed by atoms with Crippen LogP contribution in [0.15, 0.2) is 65.4 Å². The molecular formula is C27H32BN7O. The fourth-order valence-electron chi connectivity index (χ4n) is 5.65. The summed E-state index contributed by atoms with van der Waals surface area (Å²) in [5.74, 6) is 1.92. The van der Waals surface area contributed by atoms with Gasteiger partial charge in [-0.2, -0.15) is 0 Å². The van der Waals surface area contributed by atoms with Crippen molar-refractivity contribution in [3.63, 3.8) is 0 Å². The Morgan fingerprint density at radius 2 is 1.69 bits per heavy atom. The van der Waals surface area contributed by atoms with Crippen molar-refractivity contribution in [2.45, 2.75) is 50.5 Å². The number of aromatic nitrogens is 4. The van der Waals surface area contributed by atoms with Crippen molar-refractivity contribution in [1.29, 1.82) is 0 Å². The van der Waals surface area contributed by atoms with Gasteiger partial charge in [0.1, 0.15) is 22.9 Å². The highest BCUT2D eigenvalue weighted by Crippen LogP contribution is 2.38. The van der Waals surface area contributed by atoms with E-state index in [9.17, 15) is 5.11 Å². The number of allylic oxidation sites excluding steroid dienone is 1. The topological polar surface area (TPSA) is 97.5 Å². The van der Waals surface area contributed by atoms with Crippen LogP contribution in [-0.4, -0.2) is 56.4 Å². The molecule has 184 valence electrons. The van der Waals surface area contributed by atoms with Crippen molar-refractivity contribution in [3.8, 4) is 5.82 Å². The van der Waals surface area contributed by atoms with Crippen LogP contribution < -0.4 is 5.73 Å². The number of nitrogens with zero attached hydrogens (tertiary/aromatic N) is 6. The largest absolute Gasteiger partial charge is 0.399 e. The molecular weight excluding hydrogens is 449 g/mol. The Hall–Kier alpha value is -3.59. The summed E-state index contributed by atoms with van der Waals surface area (Å²) in [5.41, 5.74) is 10.6. The highest BCUT2D eigenvalue weighted by molar-refractivity contribution is 6.10. The number of benzene rings is 1. The molecule has 2 fully saturated rings. The van der Waals surface area contributed by atoms with Crippen molar-refractivity contribution in [3.05, 3.63) is 77.4 Å².